The zero-order chi connectivity index (χ0) is 16.4. The van der Waals surface area contributed by atoms with E-state index in [9.17, 15) is 4.79 Å². The molecule has 3 rings (SSSR count). The van der Waals surface area contributed by atoms with Crippen molar-refractivity contribution < 1.29 is 9.53 Å². The van der Waals surface area contributed by atoms with E-state index >= 15 is 0 Å². The molecule has 0 spiro atoms. The number of hydrogen-bond donors (Lipinski definition) is 2. The van der Waals surface area contributed by atoms with Gasteiger partial charge in [-0.3, -0.25) is 4.79 Å². The molecule has 0 unspecified atom stereocenters. The van der Waals surface area contributed by atoms with E-state index in [2.05, 4.69) is 15.4 Å². The number of nitrogens with one attached hydrogen (secondary N) is 1. The quantitative estimate of drug-likeness (QED) is 0.722. The summed E-state index contributed by atoms with van der Waals surface area (Å²) in [4.78, 5) is 16.0. The summed E-state index contributed by atoms with van der Waals surface area (Å²) in [7, 11) is 0. The van der Waals surface area contributed by atoms with Crippen LogP contribution < -0.4 is 15.8 Å². The van der Waals surface area contributed by atoms with Gasteiger partial charge in [0.05, 0.1) is 6.20 Å². The van der Waals surface area contributed by atoms with Crippen molar-refractivity contribution in [3.8, 4) is 11.6 Å². The molecule has 2 aromatic heterocycles. The fourth-order valence-electron chi connectivity index (χ4n) is 1.95. The van der Waals surface area contributed by atoms with Crippen LogP contribution in [-0.4, -0.2) is 20.5 Å². The lowest BCUT2D eigenvalue weighted by Gasteiger charge is -2.05. The number of benzene rings is 1. The minimum atomic E-state index is -0.116. The highest BCUT2D eigenvalue weighted by Gasteiger charge is 2.10. The molecular weight excluding hydrogens is 294 g/mol. The van der Waals surface area contributed by atoms with Crippen LogP contribution in [0, 0.1) is 5.92 Å². The van der Waals surface area contributed by atoms with Gasteiger partial charge in [-0.05, 0) is 18.2 Å². The second-order valence-corrected chi connectivity index (χ2v) is 5.42. The standard InChI is InChI=1S/C16H17N5O2/c1-10(2)16(22)19-13-9-21-14(18-13)6-7-15(20-21)23-12-5-3-4-11(17)8-12/h3-10H,17H2,1-2H3,(H,19,22). The Labute approximate surface area is 133 Å². The number of carbonyl (C=O) groups is 1. The second kappa shape index (κ2) is 5.96. The third-order valence-electron chi connectivity index (χ3n) is 3.15. The predicted molar refractivity (Wildman–Crippen MR) is 87.4 cm³/mol. The Morgan fingerprint density at radius 3 is 2.87 bits per heavy atom. The summed E-state index contributed by atoms with van der Waals surface area (Å²) in [6, 6.07) is 10.6. The Kier molecular flexibility index (Phi) is 3.84. The number of hydrogen-bond acceptors (Lipinski definition) is 5. The van der Waals surface area contributed by atoms with Crippen LogP contribution in [0.3, 0.4) is 0 Å². The highest BCUT2D eigenvalue weighted by atomic mass is 16.5. The van der Waals surface area contributed by atoms with Crippen molar-refractivity contribution in [3.05, 3.63) is 42.6 Å². The zero-order valence-corrected chi connectivity index (χ0v) is 12.9. The van der Waals surface area contributed by atoms with E-state index in [1.54, 1.807) is 47.1 Å². The summed E-state index contributed by atoms with van der Waals surface area (Å²) >= 11 is 0. The van der Waals surface area contributed by atoms with Crippen molar-refractivity contribution >= 4 is 23.1 Å². The molecule has 3 aromatic rings. The minimum Gasteiger partial charge on any atom is -0.438 e. The molecule has 0 fully saturated rings. The van der Waals surface area contributed by atoms with Crippen LogP contribution in [0.5, 0.6) is 11.6 Å². The average Bonchev–Trinajstić information content (AvgIpc) is 2.88. The first-order valence-electron chi connectivity index (χ1n) is 7.22. The maximum atomic E-state index is 11.7. The number of fused-ring (bicyclic) bond motifs is 1. The summed E-state index contributed by atoms with van der Waals surface area (Å²) in [5, 5.41) is 7.05. The molecule has 23 heavy (non-hydrogen) atoms. The van der Waals surface area contributed by atoms with Crippen molar-refractivity contribution in [1.82, 2.24) is 14.6 Å². The molecule has 7 nitrogen and oxygen atoms in total. The van der Waals surface area contributed by atoms with E-state index in [0.717, 1.165) is 0 Å². The van der Waals surface area contributed by atoms with E-state index in [1.165, 1.54) is 0 Å². The fraction of sp³-hybridized carbons (Fsp3) is 0.188. The lowest BCUT2D eigenvalue weighted by molar-refractivity contribution is -0.118. The molecule has 0 atom stereocenters. The number of nitrogens with two attached hydrogens (primary N) is 1. The molecule has 0 saturated carbocycles. The lowest BCUT2D eigenvalue weighted by Crippen LogP contribution is -2.17. The Bertz CT molecular complexity index is 857. The number of ether oxygens (including phenoxy) is 1. The Hall–Kier alpha value is -3.09. The number of rotatable bonds is 4. The average molecular weight is 311 g/mol. The highest BCUT2D eigenvalue weighted by molar-refractivity contribution is 5.91. The van der Waals surface area contributed by atoms with E-state index < -0.39 is 0 Å². The van der Waals surface area contributed by atoms with Gasteiger partial charge in [0.1, 0.15) is 5.75 Å². The van der Waals surface area contributed by atoms with Crippen LogP contribution in [-0.2, 0) is 4.79 Å². The first kappa shape index (κ1) is 14.8. The topological polar surface area (TPSA) is 94.5 Å². The van der Waals surface area contributed by atoms with E-state index in [4.69, 9.17) is 10.5 Å². The molecule has 3 N–H and O–H groups in total. The van der Waals surface area contributed by atoms with Crippen LogP contribution in [0.15, 0.2) is 42.6 Å². The first-order valence-corrected chi connectivity index (χ1v) is 7.22. The van der Waals surface area contributed by atoms with Crippen LogP contribution in [0.1, 0.15) is 13.8 Å². The zero-order valence-electron chi connectivity index (χ0n) is 12.9. The van der Waals surface area contributed by atoms with Crippen molar-refractivity contribution in [2.75, 3.05) is 11.1 Å². The third-order valence-corrected chi connectivity index (χ3v) is 3.15. The number of anilines is 2. The van der Waals surface area contributed by atoms with Gasteiger partial charge in [0.2, 0.25) is 11.8 Å². The van der Waals surface area contributed by atoms with Gasteiger partial charge in [-0.1, -0.05) is 19.9 Å². The number of amides is 1. The molecule has 118 valence electrons. The van der Waals surface area contributed by atoms with Crippen LogP contribution in [0.25, 0.3) is 5.65 Å². The number of aromatic nitrogens is 3. The largest absolute Gasteiger partial charge is 0.438 e. The molecule has 1 amide bonds. The maximum Gasteiger partial charge on any atom is 0.237 e. The van der Waals surface area contributed by atoms with Crippen molar-refractivity contribution in [1.29, 1.82) is 0 Å². The molecule has 0 aliphatic heterocycles. The minimum absolute atomic E-state index is 0.0929. The number of nitrogen functional groups attached to an aromatic ring is 1. The number of imidazole rings is 1. The highest BCUT2D eigenvalue weighted by Crippen LogP contribution is 2.22. The molecule has 7 heteroatoms. The van der Waals surface area contributed by atoms with Crippen molar-refractivity contribution in [2.24, 2.45) is 5.92 Å². The van der Waals surface area contributed by atoms with Gasteiger partial charge in [-0.15, -0.1) is 5.10 Å². The number of nitrogens with zero attached hydrogens (tertiary/aromatic N) is 3. The number of carbonyl (C=O) groups excluding carboxylic acids is 1. The van der Waals surface area contributed by atoms with Crippen molar-refractivity contribution in [2.45, 2.75) is 13.8 Å². The van der Waals surface area contributed by atoms with Gasteiger partial charge in [-0.2, -0.15) is 0 Å². The Morgan fingerprint density at radius 2 is 2.13 bits per heavy atom. The van der Waals surface area contributed by atoms with Gasteiger partial charge in [0.15, 0.2) is 11.5 Å². The molecule has 0 aliphatic rings. The monoisotopic (exact) mass is 311 g/mol. The molecule has 2 heterocycles. The van der Waals surface area contributed by atoms with E-state index in [1.807, 2.05) is 13.8 Å². The molecule has 0 bridgehead atoms. The summed E-state index contributed by atoms with van der Waals surface area (Å²) in [6.45, 7) is 3.64. The molecule has 1 aromatic carbocycles. The lowest BCUT2D eigenvalue weighted by atomic mass is 10.2. The molecule has 0 radical (unpaired) electrons. The van der Waals surface area contributed by atoms with Crippen molar-refractivity contribution in [3.63, 3.8) is 0 Å². The first-order chi connectivity index (χ1) is 11.0. The summed E-state index contributed by atoms with van der Waals surface area (Å²) in [5.41, 5.74) is 6.95. The van der Waals surface area contributed by atoms with Gasteiger partial charge in [-0.25, -0.2) is 9.50 Å². The Balaban J connectivity index is 1.83. The van der Waals surface area contributed by atoms with Crippen LogP contribution >= 0.6 is 0 Å². The van der Waals surface area contributed by atoms with Crippen LogP contribution in [0.2, 0.25) is 0 Å². The van der Waals surface area contributed by atoms with Crippen LogP contribution in [0.4, 0.5) is 11.5 Å². The summed E-state index contributed by atoms with van der Waals surface area (Å²) in [6.07, 6.45) is 1.64. The molecule has 0 aliphatic carbocycles. The second-order valence-electron chi connectivity index (χ2n) is 5.42. The fourth-order valence-corrected chi connectivity index (χ4v) is 1.95. The maximum absolute atomic E-state index is 11.7. The smallest absolute Gasteiger partial charge is 0.237 e. The summed E-state index contributed by atoms with van der Waals surface area (Å²) in [5.74, 6) is 1.25. The normalized spacial score (nSPS) is 10.9. The molecular formula is C16H17N5O2. The summed E-state index contributed by atoms with van der Waals surface area (Å²) < 4.78 is 7.22. The van der Waals surface area contributed by atoms with Gasteiger partial charge < -0.3 is 15.8 Å². The van der Waals surface area contributed by atoms with Gasteiger partial charge in [0, 0.05) is 23.7 Å². The third kappa shape index (κ3) is 3.39. The van der Waals surface area contributed by atoms with E-state index in [-0.39, 0.29) is 11.8 Å². The van der Waals surface area contributed by atoms with Gasteiger partial charge in [0.25, 0.3) is 0 Å². The SMILES string of the molecule is CC(C)C(=O)Nc1cn2nc(Oc3cccc(N)c3)ccc2n1. The molecule has 0 saturated heterocycles. The van der Waals surface area contributed by atoms with E-state index in [0.29, 0.717) is 28.8 Å². The Morgan fingerprint density at radius 1 is 1.30 bits per heavy atom. The predicted octanol–water partition coefficient (Wildman–Crippen LogP) is 2.70. The van der Waals surface area contributed by atoms with Gasteiger partial charge >= 0.3 is 0 Å².